The van der Waals surface area contributed by atoms with Gasteiger partial charge in [0, 0.05) is 13.1 Å². The van der Waals surface area contributed by atoms with Gasteiger partial charge in [0.2, 0.25) is 5.91 Å². The number of benzene rings is 1. The van der Waals surface area contributed by atoms with Crippen LogP contribution in [0.25, 0.3) is 0 Å². The molecule has 24 heavy (non-hydrogen) atoms. The highest BCUT2D eigenvalue weighted by molar-refractivity contribution is 7.91. The van der Waals surface area contributed by atoms with E-state index in [1.807, 2.05) is 31.2 Å². The Labute approximate surface area is 146 Å². The van der Waals surface area contributed by atoms with Gasteiger partial charge in [-0.3, -0.25) is 4.79 Å². The summed E-state index contributed by atoms with van der Waals surface area (Å²) in [7, 11) is -3.59. The van der Waals surface area contributed by atoms with Crippen LogP contribution in [0.3, 0.4) is 0 Å². The molecule has 2 heterocycles. The molecule has 0 spiro atoms. The summed E-state index contributed by atoms with van der Waals surface area (Å²) < 4.78 is 27.0. The minimum Gasteiger partial charge on any atom is -0.351 e. The van der Waals surface area contributed by atoms with Crippen molar-refractivity contribution in [3.05, 3.63) is 52.9 Å². The SMILES string of the molecule is Cc1ccccc1CNC(=O)[C@H]1CCCN1S(=O)(=O)c1cccs1. The van der Waals surface area contributed by atoms with Gasteiger partial charge in [-0.05, 0) is 42.3 Å². The Balaban J connectivity index is 1.71. The highest BCUT2D eigenvalue weighted by Crippen LogP contribution is 2.28. The third-order valence-corrected chi connectivity index (χ3v) is 7.56. The van der Waals surface area contributed by atoms with Gasteiger partial charge in [-0.25, -0.2) is 8.42 Å². The van der Waals surface area contributed by atoms with Crippen molar-refractivity contribution in [2.45, 2.75) is 36.6 Å². The number of thiophene rings is 1. The molecule has 0 radical (unpaired) electrons. The number of nitrogens with one attached hydrogen (secondary N) is 1. The molecule has 1 saturated heterocycles. The number of hydrogen-bond donors (Lipinski definition) is 1. The number of aryl methyl sites for hydroxylation is 1. The van der Waals surface area contributed by atoms with Gasteiger partial charge in [-0.15, -0.1) is 11.3 Å². The molecule has 3 rings (SSSR count). The molecule has 1 aromatic carbocycles. The van der Waals surface area contributed by atoms with Crippen molar-refractivity contribution < 1.29 is 13.2 Å². The van der Waals surface area contributed by atoms with Crippen LogP contribution < -0.4 is 5.32 Å². The molecule has 1 atom stereocenters. The molecule has 0 saturated carbocycles. The molecule has 1 aliphatic rings. The number of rotatable bonds is 5. The highest BCUT2D eigenvalue weighted by atomic mass is 32.2. The minimum atomic E-state index is -3.59. The molecule has 0 bridgehead atoms. The standard InChI is InChI=1S/C17H20N2O3S2/c1-13-6-2-3-7-14(13)12-18-17(20)15-8-4-10-19(15)24(21,22)16-9-5-11-23-16/h2-3,5-7,9,11,15H,4,8,10,12H2,1H3,(H,18,20)/t15-/m1/s1. The van der Waals surface area contributed by atoms with E-state index in [2.05, 4.69) is 5.32 Å². The van der Waals surface area contributed by atoms with Crippen LogP contribution in [0.5, 0.6) is 0 Å². The average Bonchev–Trinajstić information content (AvgIpc) is 3.25. The monoisotopic (exact) mass is 364 g/mol. The maximum Gasteiger partial charge on any atom is 0.253 e. The van der Waals surface area contributed by atoms with Crippen LogP contribution in [0, 0.1) is 6.92 Å². The van der Waals surface area contributed by atoms with E-state index in [4.69, 9.17) is 0 Å². The molecule has 1 amide bonds. The van der Waals surface area contributed by atoms with E-state index in [-0.39, 0.29) is 5.91 Å². The first-order valence-electron chi connectivity index (χ1n) is 7.88. The Morgan fingerprint density at radius 2 is 2.08 bits per heavy atom. The molecule has 0 unspecified atom stereocenters. The maximum atomic E-state index is 12.7. The number of hydrogen-bond acceptors (Lipinski definition) is 4. The lowest BCUT2D eigenvalue weighted by Crippen LogP contribution is -2.45. The Morgan fingerprint density at radius 3 is 2.79 bits per heavy atom. The van der Waals surface area contributed by atoms with Crippen LogP contribution in [-0.2, 0) is 21.4 Å². The van der Waals surface area contributed by atoms with Crippen molar-refractivity contribution in [3.8, 4) is 0 Å². The second-order valence-corrected chi connectivity index (χ2v) is 8.92. The second kappa shape index (κ2) is 7.04. The van der Waals surface area contributed by atoms with E-state index in [1.165, 1.54) is 15.6 Å². The van der Waals surface area contributed by atoms with Gasteiger partial charge < -0.3 is 5.32 Å². The lowest BCUT2D eigenvalue weighted by Gasteiger charge is -2.22. The van der Waals surface area contributed by atoms with E-state index in [9.17, 15) is 13.2 Å². The third-order valence-electron chi connectivity index (χ3n) is 4.28. The summed E-state index contributed by atoms with van der Waals surface area (Å²) in [6, 6.07) is 10.5. The summed E-state index contributed by atoms with van der Waals surface area (Å²) in [6.45, 7) is 2.79. The number of nitrogens with zero attached hydrogens (tertiary/aromatic N) is 1. The van der Waals surface area contributed by atoms with Crippen LogP contribution in [0.2, 0.25) is 0 Å². The first kappa shape index (κ1) is 17.1. The summed E-state index contributed by atoms with van der Waals surface area (Å²) in [5, 5.41) is 4.62. The van der Waals surface area contributed by atoms with Gasteiger partial charge in [-0.2, -0.15) is 4.31 Å². The van der Waals surface area contributed by atoms with Crippen molar-refractivity contribution in [3.63, 3.8) is 0 Å². The van der Waals surface area contributed by atoms with Gasteiger partial charge in [-0.1, -0.05) is 30.3 Å². The number of sulfonamides is 1. The van der Waals surface area contributed by atoms with Gasteiger partial charge >= 0.3 is 0 Å². The fourth-order valence-corrected chi connectivity index (χ4v) is 5.70. The van der Waals surface area contributed by atoms with Gasteiger partial charge in [0.1, 0.15) is 10.3 Å². The predicted molar refractivity (Wildman–Crippen MR) is 94.3 cm³/mol. The lowest BCUT2D eigenvalue weighted by atomic mass is 10.1. The first-order valence-corrected chi connectivity index (χ1v) is 10.2. The molecular weight excluding hydrogens is 344 g/mol. The molecule has 128 valence electrons. The predicted octanol–water partition coefficient (Wildman–Crippen LogP) is 2.53. The Hall–Kier alpha value is -1.70. The normalized spacial score (nSPS) is 18.6. The fourth-order valence-electron chi connectivity index (χ4n) is 2.92. The Bertz CT molecular complexity index is 816. The lowest BCUT2D eigenvalue weighted by molar-refractivity contribution is -0.124. The van der Waals surface area contributed by atoms with E-state index in [1.54, 1.807) is 17.5 Å². The van der Waals surface area contributed by atoms with Crippen LogP contribution in [0.15, 0.2) is 46.0 Å². The summed E-state index contributed by atoms with van der Waals surface area (Å²) in [4.78, 5) is 12.5. The van der Waals surface area contributed by atoms with Gasteiger partial charge in [0.25, 0.3) is 10.0 Å². The zero-order chi connectivity index (χ0) is 17.2. The van der Waals surface area contributed by atoms with E-state index >= 15 is 0 Å². The summed E-state index contributed by atoms with van der Waals surface area (Å²) in [6.07, 6.45) is 1.26. The zero-order valence-corrected chi connectivity index (χ0v) is 15.1. The summed E-state index contributed by atoms with van der Waals surface area (Å²) in [5.41, 5.74) is 2.14. The largest absolute Gasteiger partial charge is 0.351 e. The van der Waals surface area contributed by atoms with Crippen LogP contribution in [0.1, 0.15) is 24.0 Å². The molecule has 1 N–H and O–H groups in total. The van der Waals surface area contributed by atoms with Crippen molar-refractivity contribution in [2.24, 2.45) is 0 Å². The van der Waals surface area contributed by atoms with Crippen LogP contribution in [0.4, 0.5) is 0 Å². The summed E-state index contributed by atoms with van der Waals surface area (Å²) >= 11 is 1.18. The van der Waals surface area contributed by atoms with Crippen molar-refractivity contribution in [1.29, 1.82) is 0 Å². The van der Waals surface area contributed by atoms with Gasteiger partial charge in [0.15, 0.2) is 0 Å². The minimum absolute atomic E-state index is 0.226. The number of carbonyl (C=O) groups excluding carboxylic acids is 1. The fraction of sp³-hybridized carbons (Fsp3) is 0.353. The number of amides is 1. The van der Waals surface area contributed by atoms with Crippen molar-refractivity contribution >= 4 is 27.3 Å². The topological polar surface area (TPSA) is 66.5 Å². The van der Waals surface area contributed by atoms with Crippen molar-refractivity contribution in [2.75, 3.05) is 6.54 Å². The molecular formula is C17H20N2O3S2. The van der Waals surface area contributed by atoms with Crippen LogP contribution >= 0.6 is 11.3 Å². The molecule has 5 nitrogen and oxygen atoms in total. The molecule has 0 aliphatic carbocycles. The molecule has 7 heteroatoms. The Kier molecular flexibility index (Phi) is 5.03. The number of carbonyl (C=O) groups is 1. The molecule has 1 aromatic heterocycles. The van der Waals surface area contributed by atoms with E-state index in [0.29, 0.717) is 30.1 Å². The summed E-state index contributed by atoms with van der Waals surface area (Å²) in [5.74, 6) is -0.226. The molecule has 1 fully saturated rings. The van der Waals surface area contributed by atoms with Gasteiger partial charge in [0.05, 0.1) is 0 Å². The third kappa shape index (κ3) is 3.38. The smallest absolute Gasteiger partial charge is 0.253 e. The quantitative estimate of drug-likeness (QED) is 0.886. The molecule has 2 aromatic rings. The molecule has 1 aliphatic heterocycles. The second-order valence-electron chi connectivity index (χ2n) is 5.85. The zero-order valence-electron chi connectivity index (χ0n) is 13.4. The Morgan fingerprint density at radius 1 is 1.29 bits per heavy atom. The van der Waals surface area contributed by atoms with Crippen molar-refractivity contribution in [1.82, 2.24) is 9.62 Å². The highest BCUT2D eigenvalue weighted by Gasteiger charge is 2.39. The average molecular weight is 364 g/mol. The van der Waals surface area contributed by atoms with E-state index in [0.717, 1.165) is 11.1 Å². The van der Waals surface area contributed by atoms with Crippen LogP contribution in [-0.4, -0.2) is 31.2 Å². The first-order chi connectivity index (χ1) is 11.5. The maximum absolute atomic E-state index is 12.7. The van der Waals surface area contributed by atoms with E-state index < -0.39 is 16.1 Å².